The maximum Gasteiger partial charge on any atom is 0.119 e. The number of ether oxygens (including phenoxy) is 1. The Labute approximate surface area is 140 Å². The van der Waals surface area contributed by atoms with Gasteiger partial charge >= 0.3 is 0 Å². The standard InChI is InChI=1S/C13H22N2O.3ClH.H3N/c1-2-16-13-7-4-11(5-8-13)3-6-12(15)9-10-14;;;;/h4-5,7-8,12H,2-3,6,9-10,14-15H2,1H3;3*1H;1H3/t12-;;;;/m0..../s1. The van der Waals surface area contributed by atoms with Crippen LogP contribution in [-0.4, -0.2) is 19.2 Å². The summed E-state index contributed by atoms with van der Waals surface area (Å²) in [6.45, 7) is 3.37. The molecule has 0 heterocycles. The average Bonchev–Trinajstić information content (AvgIpc) is 2.29. The van der Waals surface area contributed by atoms with Crippen molar-refractivity contribution in [2.45, 2.75) is 32.2 Å². The fourth-order valence-corrected chi connectivity index (χ4v) is 1.63. The van der Waals surface area contributed by atoms with Crippen molar-refractivity contribution in [2.24, 2.45) is 11.5 Å². The van der Waals surface area contributed by atoms with Crippen LogP contribution in [0.3, 0.4) is 0 Å². The largest absolute Gasteiger partial charge is 0.494 e. The summed E-state index contributed by atoms with van der Waals surface area (Å²) in [5, 5.41) is 0. The normalized spacial score (nSPS) is 9.95. The molecule has 4 nitrogen and oxygen atoms in total. The number of benzene rings is 1. The van der Waals surface area contributed by atoms with Crippen molar-refractivity contribution in [3.8, 4) is 5.75 Å². The molecule has 0 aliphatic heterocycles. The van der Waals surface area contributed by atoms with Gasteiger partial charge in [0.15, 0.2) is 0 Å². The first-order valence-corrected chi connectivity index (χ1v) is 5.93. The summed E-state index contributed by atoms with van der Waals surface area (Å²) in [5.74, 6) is 0.928. The van der Waals surface area contributed by atoms with Crippen LogP contribution in [0.25, 0.3) is 0 Å². The lowest BCUT2D eigenvalue weighted by Crippen LogP contribution is -2.24. The van der Waals surface area contributed by atoms with Crippen LogP contribution in [-0.2, 0) is 6.42 Å². The second-order valence-electron chi connectivity index (χ2n) is 3.95. The van der Waals surface area contributed by atoms with Crippen molar-refractivity contribution in [2.75, 3.05) is 13.2 Å². The van der Waals surface area contributed by atoms with Crippen LogP contribution in [0, 0.1) is 0 Å². The second kappa shape index (κ2) is 16.8. The molecular weight excluding hydrogens is 321 g/mol. The molecule has 0 spiro atoms. The Morgan fingerprint density at radius 2 is 1.60 bits per heavy atom. The minimum Gasteiger partial charge on any atom is -0.494 e. The molecular formula is C13H28Cl3N3O. The van der Waals surface area contributed by atoms with E-state index in [0.29, 0.717) is 13.2 Å². The molecule has 0 bridgehead atoms. The van der Waals surface area contributed by atoms with Gasteiger partial charge in [0.05, 0.1) is 6.61 Å². The number of aryl methyl sites for hydroxylation is 1. The smallest absolute Gasteiger partial charge is 0.119 e. The van der Waals surface area contributed by atoms with E-state index in [9.17, 15) is 0 Å². The summed E-state index contributed by atoms with van der Waals surface area (Å²) in [6.07, 6.45) is 2.90. The van der Waals surface area contributed by atoms with Crippen LogP contribution in [0.1, 0.15) is 25.3 Å². The summed E-state index contributed by atoms with van der Waals surface area (Å²) < 4.78 is 5.38. The van der Waals surface area contributed by atoms with Gasteiger partial charge in [0, 0.05) is 6.04 Å². The van der Waals surface area contributed by atoms with Crippen molar-refractivity contribution in [1.82, 2.24) is 6.15 Å². The van der Waals surface area contributed by atoms with Crippen molar-refractivity contribution in [3.05, 3.63) is 29.8 Å². The maximum absolute atomic E-state index is 5.90. The molecule has 0 unspecified atom stereocenters. The average molecular weight is 349 g/mol. The first kappa shape index (κ1) is 28.0. The van der Waals surface area contributed by atoms with E-state index in [-0.39, 0.29) is 49.4 Å². The SMILES string of the molecule is CCOc1ccc(CC[C@H](N)CCN)cc1.Cl.Cl.Cl.N. The van der Waals surface area contributed by atoms with E-state index in [1.807, 2.05) is 19.1 Å². The van der Waals surface area contributed by atoms with Gasteiger partial charge in [-0.2, -0.15) is 0 Å². The molecule has 0 aromatic heterocycles. The van der Waals surface area contributed by atoms with Crippen LogP contribution in [0.4, 0.5) is 0 Å². The quantitative estimate of drug-likeness (QED) is 0.705. The number of hydrogen-bond acceptors (Lipinski definition) is 4. The summed E-state index contributed by atoms with van der Waals surface area (Å²) in [5.41, 5.74) is 12.7. The zero-order valence-corrected chi connectivity index (χ0v) is 14.4. The lowest BCUT2D eigenvalue weighted by Gasteiger charge is -2.10. The zero-order valence-electron chi connectivity index (χ0n) is 11.9. The first-order valence-electron chi connectivity index (χ1n) is 5.93. The minimum absolute atomic E-state index is 0. The third-order valence-corrected chi connectivity index (χ3v) is 2.58. The molecule has 0 radical (unpaired) electrons. The summed E-state index contributed by atoms with van der Waals surface area (Å²) in [4.78, 5) is 0. The minimum atomic E-state index is 0. The van der Waals surface area contributed by atoms with E-state index in [1.165, 1.54) is 5.56 Å². The Morgan fingerprint density at radius 1 is 1.05 bits per heavy atom. The van der Waals surface area contributed by atoms with Gasteiger partial charge in [0.2, 0.25) is 0 Å². The van der Waals surface area contributed by atoms with Gasteiger partial charge in [-0.25, -0.2) is 0 Å². The van der Waals surface area contributed by atoms with E-state index in [0.717, 1.165) is 25.0 Å². The van der Waals surface area contributed by atoms with Crippen LogP contribution in [0.5, 0.6) is 5.75 Å². The monoisotopic (exact) mass is 347 g/mol. The molecule has 7 heteroatoms. The van der Waals surface area contributed by atoms with Gasteiger partial charge in [-0.05, 0) is 50.4 Å². The van der Waals surface area contributed by atoms with Crippen molar-refractivity contribution < 1.29 is 4.74 Å². The molecule has 0 fully saturated rings. The van der Waals surface area contributed by atoms with Gasteiger partial charge in [-0.1, -0.05) is 12.1 Å². The molecule has 1 aromatic carbocycles. The van der Waals surface area contributed by atoms with Gasteiger partial charge < -0.3 is 22.4 Å². The van der Waals surface area contributed by atoms with Crippen molar-refractivity contribution in [1.29, 1.82) is 0 Å². The molecule has 20 heavy (non-hydrogen) atoms. The van der Waals surface area contributed by atoms with E-state index in [2.05, 4.69) is 12.1 Å². The van der Waals surface area contributed by atoms with Gasteiger partial charge in [0.25, 0.3) is 0 Å². The predicted octanol–water partition coefficient (Wildman–Crippen LogP) is 3.12. The zero-order chi connectivity index (χ0) is 11.8. The fraction of sp³-hybridized carbons (Fsp3) is 0.538. The summed E-state index contributed by atoms with van der Waals surface area (Å²) >= 11 is 0. The summed E-state index contributed by atoms with van der Waals surface area (Å²) in [6, 6.07) is 8.43. The third kappa shape index (κ3) is 11.6. The predicted molar refractivity (Wildman–Crippen MR) is 94.3 cm³/mol. The van der Waals surface area contributed by atoms with Crippen LogP contribution in [0.15, 0.2) is 24.3 Å². The highest BCUT2D eigenvalue weighted by Crippen LogP contribution is 2.13. The van der Waals surface area contributed by atoms with Crippen LogP contribution in [0.2, 0.25) is 0 Å². The molecule has 1 rings (SSSR count). The van der Waals surface area contributed by atoms with Gasteiger partial charge in [-0.3, -0.25) is 0 Å². The highest BCUT2D eigenvalue weighted by molar-refractivity contribution is 5.86. The van der Waals surface area contributed by atoms with Crippen LogP contribution < -0.4 is 22.4 Å². The summed E-state index contributed by atoms with van der Waals surface area (Å²) in [7, 11) is 0. The molecule has 0 aliphatic rings. The lowest BCUT2D eigenvalue weighted by molar-refractivity contribution is 0.340. The molecule has 1 aromatic rings. The van der Waals surface area contributed by atoms with Crippen molar-refractivity contribution >= 4 is 37.2 Å². The molecule has 0 saturated carbocycles. The molecule has 0 amide bonds. The van der Waals surface area contributed by atoms with E-state index in [1.54, 1.807) is 0 Å². The fourth-order valence-electron chi connectivity index (χ4n) is 1.63. The van der Waals surface area contributed by atoms with Crippen molar-refractivity contribution in [3.63, 3.8) is 0 Å². The van der Waals surface area contributed by atoms with Gasteiger partial charge in [-0.15, -0.1) is 37.2 Å². The Bertz CT molecular complexity index is 299. The highest BCUT2D eigenvalue weighted by atomic mass is 35.5. The Hall–Kier alpha value is -0.230. The maximum atomic E-state index is 5.90. The van der Waals surface area contributed by atoms with E-state index >= 15 is 0 Å². The van der Waals surface area contributed by atoms with E-state index in [4.69, 9.17) is 16.2 Å². The van der Waals surface area contributed by atoms with E-state index < -0.39 is 0 Å². The molecule has 1 atom stereocenters. The first-order chi connectivity index (χ1) is 7.76. The second-order valence-corrected chi connectivity index (χ2v) is 3.95. The molecule has 7 N–H and O–H groups in total. The Balaban J connectivity index is -0.000000320. The molecule has 0 aliphatic carbocycles. The third-order valence-electron chi connectivity index (χ3n) is 2.58. The topological polar surface area (TPSA) is 96.3 Å². The lowest BCUT2D eigenvalue weighted by atomic mass is 10.0. The number of hydrogen-bond donors (Lipinski definition) is 3. The number of rotatable bonds is 7. The highest BCUT2D eigenvalue weighted by Gasteiger charge is 2.02. The Morgan fingerprint density at radius 3 is 2.05 bits per heavy atom. The van der Waals surface area contributed by atoms with Gasteiger partial charge in [0.1, 0.15) is 5.75 Å². The Kier molecular flexibility index (Phi) is 23.6. The number of nitrogens with two attached hydrogens (primary N) is 2. The molecule has 122 valence electrons. The number of halogens is 3. The van der Waals surface area contributed by atoms with Crippen LogP contribution >= 0.6 is 37.2 Å². The molecule has 0 saturated heterocycles.